The molecule has 20 heavy (non-hydrogen) atoms. The van der Waals surface area contributed by atoms with Crippen LogP contribution in [0.1, 0.15) is 6.92 Å². The number of hydrogen-bond donors (Lipinski definition) is 2. The number of anilines is 1. The Morgan fingerprint density at radius 1 is 1.35 bits per heavy atom. The lowest BCUT2D eigenvalue weighted by molar-refractivity contribution is -0.139. The van der Waals surface area contributed by atoms with Crippen molar-refractivity contribution < 1.29 is 19.4 Å². The molecule has 0 radical (unpaired) electrons. The van der Waals surface area contributed by atoms with E-state index in [0.29, 0.717) is 18.8 Å². The van der Waals surface area contributed by atoms with Gasteiger partial charge in [0, 0.05) is 18.8 Å². The molecule has 0 saturated carbocycles. The first-order valence-corrected chi connectivity index (χ1v) is 6.42. The first-order chi connectivity index (χ1) is 9.50. The van der Waals surface area contributed by atoms with Gasteiger partial charge in [-0.2, -0.15) is 0 Å². The summed E-state index contributed by atoms with van der Waals surface area (Å²) in [5.41, 5.74) is 0.224. The highest BCUT2D eigenvalue weighted by Crippen LogP contribution is 2.17. The summed E-state index contributed by atoms with van der Waals surface area (Å²) in [5.74, 6) is -1.41. The second-order valence-electron chi connectivity index (χ2n) is 5.05. The molecule has 0 aliphatic carbocycles. The number of nitrogens with zero attached hydrogens (tertiary/aromatic N) is 1. The lowest BCUT2D eigenvalue weighted by atomic mass is 10.0. The molecule has 108 valence electrons. The maximum atomic E-state index is 12.2. The number of para-hydroxylation sites is 1. The third kappa shape index (κ3) is 3.55. The third-order valence-corrected chi connectivity index (χ3v) is 3.20. The van der Waals surface area contributed by atoms with Gasteiger partial charge in [-0.15, -0.1) is 0 Å². The third-order valence-electron chi connectivity index (χ3n) is 3.20. The van der Waals surface area contributed by atoms with Crippen LogP contribution in [-0.4, -0.2) is 48.8 Å². The quantitative estimate of drug-likeness (QED) is 0.791. The number of benzene rings is 1. The summed E-state index contributed by atoms with van der Waals surface area (Å²) in [6.45, 7) is 2.82. The molecule has 0 spiro atoms. The summed E-state index contributed by atoms with van der Waals surface area (Å²) >= 11 is 0. The Labute approximate surface area is 117 Å². The predicted octanol–water partition coefficient (Wildman–Crippen LogP) is 0.483. The average Bonchev–Trinajstić information content (AvgIpc) is 2.41. The van der Waals surface area contributed by atoms with E-state index in [1.807, 2.05) is 13.0 Å². The second-order valence-corrected chi connectivity index (χ2v) is 5.05. The minimum atomic E-state index is -1.06. The summed E-state index contributed by atoms with van der Waals surface area (Å²) in [6, 6.07) is 8.73. The average molecular weight is 278 g/mol. The number of carboxylic acids is 1. The molecule has 1 saturated heterocycles. The van der Waals surface area contributed by atoms with Crippen LogP contribution in [0.3, 0.4) is 0 Å². The van der Waals surface area contributed by atoms with E-state index in [1.54, 1.807) is 24.3 Å². The predicted molar refractivity (Wildman–Crippen MR) is 73.7 cm³/mol. The van der Waals surface area contributed by atoms with Crippen molar-refractivity contribution in [1.29, 1.82) is 0 Å². The van der Waals surface area contributed by atoms with Gasteiger partial charge in [-0.1, -0.05) is 18.2 Å². The molecule has 1 fully saturated rings. The number of carbonyl (C=O) groups is 2. The van der Waals surface area contributed by atoms with Crippen LogP contribution in [0.2, 0.25) is 0 Å². The summed E-state index contributed by atoms with van der Waals surface area (Å²) < 4.78 is 5.56. The smallest absolute Gasteiger partial charge is 0.323 e. The summed E-state index contributed by atoms with van der Waals surface area (Å²) in [4.78, 5) is 24.3. The highest BCUT2D eigenvalue weighted by molar-refractivity contribution is 5.98. The second kappa shape index (κ2) is 6.02. The van der Waals surface area contributed by atoms with Crippen molar-refractivity contribution in [2.45, 2.75) is 12.5 Å². The molecule has 0 aromatic heterocycles. The Hall–Kier alpha value is -1.92. The first-order valence-electron chi connectivity index (χ1n) is 6.42. The van der Waals surface area contributed by atoms with E-state index in [0.717, 1.165) is 0 Å². The molecule has 1 aromatic rings. The van der Waals surface area contributed by atoms with Gasteiger partial charge in [-0.25, -0.2) is 0 Å². The molecular formula is C14H18N2O4. The van der Waals surface area contributed by atoms with E-state index in [9.17, 15) is 9.59 Å². The normalized spacial score (nSPS) is 16.2. The molecule has 0 unspecified atom stereocenters. The highest BCUT2D eigenvalue weighted by Gasteiger charge is 2.33. The minimum absolute atomic E-state index is 0.125. The molecule has 6 nitrogen and oxygen atoms in total. The van der Waals surface area contributed by atoms with Gasteiger partial charge in [0.15, 0.2) is 0 Å². The molecule has 0 bridgehead atoms. The van der Waals surface area contributed by atoms with Crippen LogP contribution in [0, 0.1) is 0 Å². The molecule has 1 aliphatic rings. The number of ether oxygens (including phenoxy) is 1. The van der Waals surface area contributed by atoms with Crippen molar-refractivity contribution in [2.24, 2.45) is 0 Å². The fourth-order valence-electron chi connectivity index (χ4n) is 1.96. The first kappa shape index (κ1) is 14.5. The largest absolute Gasteiger partial charge is 0.480 e. The van der Waals surface area contributed by atoms with Crippen LogP contribution in [0.25, 0.3) is 0 Å². The zero-order valence-electron chi connectivity index (χ0n) is 11.3. The Morgan fingerprint density at radius 3 is 2.50 bits per heavy atom. The van der Waals surface area contributed by atoms with Gasteiger partial charge in [0.1, 0.15) is 13.2 Å². The Bertz CT molecular complexity index is 485. The number of carbonyl (C=O) groups excluding carboxylic acids is 1. The van der Waals surface area contributed by atoms with Gasteiger partial charge < -0.3 is 15.2 Å². The number of carboxylic acid groups (broad SMARTS) is 1. The fraction of sp³-hybridized carbons (Fsp3) is 0.429. The number of amides is 1. The number of rotatable bonds is 6. The fourth-order valence-corrected chi connectivity index (χ4v) is 1.96. The lowest BCUT2D eigenvalue weighted by Crippen LogP contribution is -2.59. The van der Waals surface area contributed by atoms with E-state index in [4.69, 9.17) is 9.84 Å². The monoisotopic (exact) mass is 278 g/mol. The van der Waals surface area contributed by atoms with Gasteiger partial charge in [0.2, 0.25) is 0 Å². The molecule has 1 heterocycles. The lowest BCUT2D eigenvalue weighted by Gasteiger charge is -2.39. The maximum absolute atomic E-state index is 12.2. The van der Waals surface area contributed by atoms with Crippen LogP contribution in [0.15, 0.2) is 30.3 Å². The van der Waals surface area contributed by atoms with Gasteiger partial charge >= 0.3 is 5.97 Å². The van der Waals surface area contributed by atoms with Crippen molar-refractivity contribution in [3.05, 3.63) is 30.3 Å². The number of aliphatic carboxylic acids is 1. The Morgan fingerprint density at radius 2 is 2.00 bits per heavy atom. The SMILES string of the molecule is CC1(OCC(=O)N(CC(=O)O)c2ccccc2)CNC1. The van der Waals surface area contributed by atoms with Crippen molar-refractivity contribution in [3.8, 4) is 0 Å². The molecule has 1 aromatic carbocycles. The summed E-state index contributed by atoms with van der Waals surface area (Å²) in [6.07, 6.45) is 0. The number of nitrogens with one attached hydrogen (secondary N) is 1. The van der Waals surface area contributed by atoms with E-state index in [-0.39, 0.29) is 24.7 Å². The van der Waals surface area contributed by atoms with Crippen molar-refractivity contribution in [2.75, 3.05) is 31.1 Å². The zero-order chi connectivity index (χ0) is 14.6. The number of hydrogen-bond acceptors (Lipinski definition) is 4. The van der Waals surface area contributed by atoms with E-state index < -0.39 is 5.97 Å². The molecule has 6 heteroatoms. The van der Waals surface area contributed by atoms with Crippen LogP contribution in [-0.2, 0) is 14.3 Å². The van der Waals surface area contributed by atoms with Gasteiger partial charge in [0.05, 0.1) is 5.60 Å². The molecule has 1 aliphatic heterocycles. The van der Waals surface area contributed by atoms with Crippen LogP contribution < -0.4 is 10.2 Å². The van der Waals surface area contributed by atoms with E-state index in [2.05, 4.69) is 5.32 Å². The minimum Gasteiger partial charge on any atom is -0.480 e. The van der Waals surface area contributed by atoms with Gasteiger partial charge in [-0.05, 0) is 19.1 Å². The van der Waals surface area contributed by atoms with Gasteiger partial charge in [-0.3, -0.25) is 14.5 Å². The standard InChI is InChI=1S/C14H18N2O4/c1-14(9-15-10-14)20-8-12(17)16(7-13(18)19)11-5-3-2-4-6-11/h2-6,15H,7-10H2,1H3,(H,18,19). The molecule has 1 amide bonds. The van der Waals surface area contributed by atoms with Crippen LogP contribution >= 0.6 is 0 Å². The highest BCUT2D eigenvalue weighted by atomic mass is 16.5. The zero-order valence-corrected chi connectivity index (χ0v) is 11.3. The van der Waals surface area contributed by atoms with E-state index in [1.165, 1.54) is 4.90 Å². The topological polar surface area (TPSA) is 78.9 Å². The Kier molecular flexibility index (Phi) is 4.36. The van der Waals surface area contributed by atoms with E-state index >= 15 is 0 Å². The van der Waals surface area contributed by atoms with Crippen molar-refractivity contribution >= 4 is 17.6 Å². The van der Waals surface area contributed by atoms with Crippen LogP contribution in [0.4, 0.5) is 5.69 Å². The maximum Gasteiger partial charge on any atom is 0.323 e. The van der Waals surface area contributed by atoms with Gasteiger partial charge in [0.25, 0.3) is 5.91 Å². The molecule has 2 N–H and O–H groups in total. The molecule has 2 rings (SSSR count). The van der Waals surface area contributed by atoms with Crippen molar-refractivity contribution in [1.82, 2.24) is 5.32 Å². The summed E-state index contributed by atoms with van der Waals surface area (Å²) in [7, 11) is 0. The summed E-state index contributed by atoms with van der Waals surface area (Å²) in [5, 5.41) is 12.0. The Balaban J connectivity index is 2.02. The van der Waals surface area contributed by atoms with Crippen LogP contribution in [0.5, 0.6) is 0 Å². The molecular weight excluding hydrogens is 260 g/mol. The van der Waals surface area contributed by atoms with Crippen molar-refractivity contribution in [3.63, 3.8) is 0 Å². The molecule has 0 atom stereocenters.